The SMILES string of the molecule is N#Cc1ccc(-c2cccc(-c3nc(-c4cccc(-c5ccccc5)c4)nc(-c4ccc5c(c4)oc4cc(-c6ccccc6)cc(-c6ccc(-c7ccccc7)cc6)c45)n3)c2)cc1. The third-order valence-electron chi connectivity index (χ3n) is 11.6. The number of rotatable bonds is 8. The van der Waals surface area contributed by atoms with Crippen molar-refractivity contribution in [3.8, 4) is 95.9 Å². The summed E-state index contributed by atoms with van der Waals surface area (Å²) in [6.07, 6.45) is 0. The molecular weight excluding hydrogens is 769 g/mol. The first kappa shape index (κ1) is 37.3. The van der Waals surface area contributed by atoms with E-state index in [-0.39, 0.29) is 0 Å². The molecule has 2 heterocycles. The van der Waals surface area contributed by atoms with Gasteiger partial charge in [0.2, 0.25) is 0 Å². The summed E-state index contributed by atoms with van der Waals surface area (Å²) in [7, 11) is 0. The zero-order chi connectivity index (χ0) is 42.1. The molecule has 63 heavy (non-hydrogen) atoms. The van der Waals surface area contributed by atoms with Gasteiger partial charge in [0.15, 0.2) is 17.5 Å². The van der Waals surface area contributed by atoms with Crippen LogP contribution in [0.1, 0.15) is 5.56 Å². The summed E-state index contributed by atoms with van der Waals surface area (Å²) < 4.78 is 6.82. The van der Waals surface area contributed by atoms with E-state index in [1.54, 1.807) is 0 Å². The highest BCUT2D eigenvalue weighted by molar-refractivity contribution is 6.14. The monoisotopic (exact) mass is 804 g/mol. The second-order valence-electron chi connectivity index (χ2n) is 15.5. The number of hydrogen-bond acceptors (Lipinski definition) is 5. The maximum absolute atomic E-state index is 9.39. The Balaban J connectivity index is 1.06. The lowest BCUT2D eigenvalue weighted by atomic mass is 9.93. The summed E-state index contributed by atoms with van der Waals surface area (Å²) in [5, 5.41) is 11.4. The largest absolute Gasteiger partial charge is 0.456 e. The van der Waals surface area contributed by atoms with Crippen molar-refractivity contribution in [2.75, 3.05) is 0 Å². The van der Waals surface area contributed by atoms with Crippen LogP contribution in [0.5, 0.6) is 0 Å². The molecule has 5 nitrogen and oxygen atoms in total. The minimum Gasteiger partial charge on any atom is -0.456 e. The lowest BCUT2D eigenvalue weighted by molar-refractivity contribution is 0.669. The van der Waals surface area contributed by atoms with E-state index in [9.17, 15) is 5.26 Å². The fourth-order valence-electron chi connectivity index (χ4n) is 8.35. The Morgan fingerprint density at radius 3 is 1.27 bits per heavy atom. The highest BCUT2D eigenvalue weighted by Crippen LogP contribution is 2.42. The molecule has 0 saturated carbocycles. The Labute approximate surface area is 364 Å². The normalized spacial score (nSPS) is 11.2. The van der Waals surface area contributed by atoms with Crippen LogP contribution >= 0.6 is 0 Å². The van der Waals surface area contributed by atoms with E-state index in [1.807, 2.05) is 78.9 Å². The molecule has 0 atom stereocenters. The average Bonchev–Trinajstić information content (AvgIpc) is 3.75. The van der Waals surface area contributed by atoms with Crippen LogP contribution in [0.3, 0.4) is 0 Å². The number of benzene rings is 9. The van der Waals surface area contributed by atoms with Gasteiger partial charge in [-0.15, -0.1) is 0 Å². The van der Waals surface area contributed by atoms with Crippen LogP contribution < -0.4 is 0 Å². The van der Waals surface area contributed by atoms with Crippen LogP contribution in [0.4, 0.5) is 0 Å². The molecule has 11 rings (SSSR count). The van der Waals surface area contributed by atoms with Gasteiger partial charge in [-0.25, -0.2) is 15.0 Å². The van der Waals surface area contributed by atoms with Crippen LogP contribution in [0.15, 0.2) is 223 Å². The van der Waals surface area contributed by atoms with Gasteiger partial charge in [-0.2, -0.15) is 5.26 Å². The zero-order valence-corrected chi connectivity index (χ0v) is 34.0. The Morgan fingerprint density at radius 1 is 0.317 bits per heavy atom. The fraction of sp³-hybridized carbons (Fsp3) is 0. The molecule has 2 aromatic heterocycles. The second-order valence-corrected chi connectivity index (χ2v) is 15.5. The van der Waals surface area contributed by atoms with Crippen LogP contribution in [-0.4, -0.2) is 15.0 Å². The Morgan fingerprint density at radius 2 is 0.714 bits per heavy atom. The minimum atomic E-state index is 0.535. The van der Waals surface area contributed by atoms with E-state index in [1.165, 1.54) is 11.1 Å². The third-order valence-corrected chi connectivity index (χ3v) is 11.6. The summed E-state index contributed by atoms with van der Waals surface area (Å²) in [5.41, 5.74) is 15.6. The molecule has 0 bridgehead atoms. The highest BCUT2D eigenvalue weighted by Gasteiger charge is 2.19. The number of aromatic nitrogens is 3. The number of hydrogen-bond donors (Lipinski definition) is 0. The van der Waals surface area contributed by atoms with Crippen LogP contribution in [0.25, 0.3) is 112 Å². The van der Waals surface area contributed by atoms with E-state index in [0.717, 1.165) is 83.1 Å². The quantitative estimate of drug-likeness (QED) is 0.153. The topological polar surface area (TPSA) is 75.6 Å². The summed E-state index contributed by atoms with van der Waals surface area (Å²) >= 11 is 0. The van der Waals surface area contributed by atoms with E-state index in [0.29, 0.717) is 23.0 Å². The number of nitrogens with zero attached hydrogens (tertiary/aromatic N) is 4. The van der Waals surface area contributed by atoms with Crippen LogP contribution in [-0.2, 0) is 0 Å². The molecule has 5 heteroatoms. The molecular formula is C58H36N4O. The molecule has 0 unspecified atom stereocenters. The molecule has 0 saturated heterocycles. The van der Waals surface area contributed by atoms with Crippen molar-refractivity contribution < 1.29 is 4.42 Å². The second kappa shape index (κ2) is 16.0. The molecule has 0 fully saturated rings. The van der Waals surface area contributed by atoms with Crippen molar-refractivity contribution in [1.29, 1.82) is 5.26 Å². The summed E-state index contributed by atoms with van der Waals surface area (Å²) in [5.74, 6) is 1.65. The van der Waals surface area contributed by atoms with Crippen LogP contribution in [0, 0.1) is 11.3 Å². The Bertz CT molecular complexity index is 3480. The van der Waals surface area contributed by atoms with E-state index in [2.05, 4.69) is 146 Å². The standard InChI is InChI=1S/C58H36N4O/c59-37-38-22-24-43(25-23-38)46-19-11-21-48(33-46)57-60-56(47-20-10-18-45(32-47)40-14-6-2-7-15-40)61-58(62-57)49-30-31-51-53(35-49)63-54-36-50(41-16-8-3-9-17-41)34-52(55(51)54)44-28-26-42(27-29-44)39-12-4-1-5-13-39/h1-36H. The highest BCUT2D eigenvalue weighted by atomic mass is 16.3. The van der Waals surface area contributed by atoms with Gasteiger partial charge in [-0.3, -0.25) is 0 Å². The van der Waals surface area contributed by atoms with Crippen molar-refractivity contribution in [2.24, 2.45) is 0 Å². The van der Waals surface area contributed by atoms with E-state index >= 15 is 0 Å². The molecule has 0 N–H and O–H groups in total. The molecule has 0 amide bonds. The van der Waals surface area contributed by atoms with Crippen molar-refractivity contribution in [1.82, 2.24) is 15.0 Å². The van der Waals surface area contributed by atoms with Crippen molar-refractivity contribution >= 4 is 21.9 Å². The maximum atomic E-state index is 9.39. The van der Waals surface area contributed by atoms with Gasteiger partial charge in [-0.1, -0.05) is 170 Å². The predicted molar refractivity (Wildman–Crippen MR) is 255 cm³/mol. The average molecular weight is 805 g/mol. The van der Waals surface area contributed by atoms with Crippen molar-refractivity contribution in [3.63, 3.8) is 0 Å². The molecule has 294 valence electrons. The van der Waals surface area contributed by atoms with Gasteiger partial charge in [0.1, 0.15) is 11.2 Å². The maximum Gasteiger partial charge on any atom is 0.164 e. The first-order valence-corrected chi connectivity index (χ1v) is 20.9. The smallest absolute Gasteiger partial charge is 0.164 e. The fourth-order valence-corrected chi connectivity index (χ4v) is 8.35. The zero-order valence-electron chi connectivity index (χ0n) is 34.0. The molecule has 0 radical (unpaired) electrons. The summed E-state index contributed by atoms with van der Waals surface area (Å²) in [6.45, 7) is 0. The van der Waals surface area contributed by atoms with Crippen molar-refractivity contribution in [3.05, 3.63) is 224 Å². The van der Waals surface area contributed by atoms with Gasteiger partial charge < -0.3 is 4.42 Å². The molecule has 0 aliphatic carbocycles. The predicted octanol–water partition coefficient (Wildman–Crippen LogP) is 15.0. The van der Waals surface area contributed by atoms with E-state index < -0.39 is 0 Å². The third kappa shape index (κ3) is 7.33. The Hall–Kier alpha value is -8.72. The lowest BCUT2D eigenvalue weighted by Gasteiger charge is -2.11. The number of fused-ring (bicyclic) bond motifs is 3. The molecule has 11 aromatic rings. The molecule has 9 aromatic carbocycles. The molecule has 0 aliphatic rings. The molecule has 0 aliphatic heterocycles. The first-order valence-electron chi connectivity index (χ1n) is 20.9. The Kier molecular flexibility index (Phi) is 9.50. The van der Waals surface area contributed by atoms with E-state index in [4.69, 9.17) is 19.4 Å². The number of nitriles is 1. The van der Waals surface area contributed by atoms with Gasteiger partial charge in [0.25, 0.3) is 0 Å². The number of furan rings is 1. The van der Waals surface area contributed by atoms with Crippen molar-refractivity contribution in [2.45, 2.75) is 0 Å². The first-order chi connectivity index (χ1) is 31.1. The van der Waals surface area contributed by atoms with Gasteiger partial charge in [-0.05, 0) is 104 Å². The minimum absolute atomic E-state index is 0.535. The van der Waals surface area contributed by atoms with Crippen LogP contribution in [0.2, 0.25) is 0 Å². The van der Waals surface area contributed by atoms with Gasteiger partial charge in [0.05, 0.1) is 11.6 Å². The van der Waals surface area contributed by atoms with Gasteiger partial charge >= 0.3 is 0 Å². The summed E-state index contributed by atoms with van der Waals surface area (Å²) in [6, 6.07) is 77.0. The summed E-state index contributed by atoms with van der Waals surface area (Å²) in [4.78, 5) is 15.4. The lowest BCUT2D eigenvalue weighted by Crippen LogP contribution is -2.00. The molecule has 0 spiro atoms. The van der Waals surface area contributed by atoms with Gasteiger partial charge in [0, 0.05) is 27.5 Å².